The second-order valence-electron chi connectivity index (χ2n) is 7.72. The van der Waals surface area contributed by atoms with Crippen LogP contribution in [0.25, 0.3) is 0 Å². The Bertz CT molecular complexity index is 749. The quantitative estimate of drug-likeness (QED) is 0.815. The molecule has 1 heterocycles. The largest absolute Gasteiger partial charge is 0.324 e. The number of sulfone groups is 1. The molecular formula is C19H29ClN2O3S. The van der Waals surface area contributed by atoms with Crippen molar-refractivity contribution in [2.45, 2.75) is 51.0 Å². The summed E-state index contributed by atoms with van der Waals surface area (Å²) in [4.78, 5) is 15.0. The van der Waals surface area contributed by atoms with Crippen LogP contribution >= 0.6 is 11.6 Å². The zero-order chi connectivity index (χ0) is 19.5. The van der Waals surface area contributed by atoms with Crippen LogP contribution in [0.15, 0.2) is 23.1 Å². The van der Waals surface area contributed by atoms with E-state index in [2.05, 4.69) is 31.0 Å². The predicted octanol–water partition coefficient (Wildman–Crippen LogP) is 3.83. The van der Waals surface area contributed by atoms with Gasteiger partial charge in [0.1, 0.15) is 0 Å². The summed E-state index contributed by atoms with van der Waals surface area (Å²) in [6.45, 7) is 7.83. The lowest BCUT2D eigenvalue weighted by Crippen LogP contribution is -2.43. The molecule has 0 spiro atoms. The molecule has 2 atom stereocenters. The van der Waals surface area contributed by atoms with Crippen molar-refractivity contribution in [2.24, 2.45) is 11.8 Å². The number of benzene rings is 1. The summed E-state index contributed by atoms with van der Waals surface area (Å²) in [5.41, 5.74) is 0.337. The molecule has 1 aliphatic heterocycles. The minimum absolute atomic E-state index is 0.140. The van der Waals surface area contributed by atoms with Crippen LogP contribution in [0.2, 0.25) is 5.02 Å². The van der Waals surface area contributed by atoms with Gasteiger partial charge >= 0.3 is 0 Å². The van der Waals surface area contributed by atoms with Crippen molar-refractivity contribution in [3.63, 3.8) is 0 Å². The molecule has 1 fully saturated rings. The molecule has 1 aromatic rings. The molecule has 0 radical (unpaired) electrons. The Morgan fingerprint density at radius 1 is 1.31 bits per heavy atom. The van der Waals surface area contributed by atoms with Gasteiger partial charge in [-0.05, 0) is 55.8 Å². The first-order valence-electron chi connectivity index (χ1n) is 9.11. The predicted molar refractivity (Wildman–Crippen MR) is 106 cm³/mol. The SMILES string of the molecule is CC1CCC(C(C)C)N(CC(=O)Nc2cc(S(C)(=O)=O)ccc2Cl)CC1. The maximum Gasteiger partial charge on any atom is 0.238 e. The Kier molecular flexibility index (Phi) is 7.11. The Morgan fingerprint density at radius 3 is 2.62 bits per heavy atom. The first kappa shape index (κ1) is 21.2. The van der Waals surface area contributed by atoms with Crippen LogP contribution in [-0.2, 0) is 14.6 Å². The third kappa shape index (κ3) is 5.69. The van der Waals surface area contributed by atoms with Gasteiger partial charge in [-0.25, -0.2) is 8.42 Å². The number of nitrogens with one attached hydrogen (secondary N) is 1. The highest BCUT2D eigenvalue weighted by molar-refractivity contribution is 7.90. The summed E-state index contributed by atoms with van der Waals surface area (Å²) in [5, 5.41) is 3.11. The van der Waals surface area contributed by atoms with Crippen molar-refractivity contribution in [3.8, 4) is 0 Å². The lowest BCUT2D eigenvalue weighted by atomic mass is 9.95. The second-order valence-corrected chi connectivity index (χ2v) is 10.1. The average molecular weight is 401 g/mol. The van der Waals surface area contributed by atoms with E-state index in [-0.39, 0.29) is 17.3 Å². The van der Waals surface area contributed by atoms with Crippen molar-refractivity contribution < 1.29 is 13.2 Å². The minimum Gasteiger partial charge on any atom is -0.324 e. The van der Waals surface area contributed by atoms with E-state index in [0.717, 1.165) is 25.6 Å². The summed E-state index contributed by atoms with van der Waals surface area (Å²) < 4.78 is 23.4. The molecule has 1 N–H and O–H groups in total. The number of rotatable bonds is 5. The molecule has 1 aliphatic rings. The van der Waals surface area contributed by atoms with Crippen LogP contribution in [0.4, 0.5) is 5.69 Å². The Balaban J connectivity index is 2.12. The Morgan fingerprint density at radius 2 is 2.00 bits per heavy atom. The molecule has 0 aliphatic carbocycles. The Hall–Kier alpha value is -1.11. The van der Waals surface area contributed by atoms with Crippen LogP contribution in [0.5, 0.6) is 0 Å². The number of halogens is 1. The van der Waals surface area contributed by atoms with Gasteiger partial charge in [0.2, 0.25) is 5.91 Å². The van der Waals surface area contributed by atoms with E-state index < -0.39 is 9.84 Å². The fraction of sp³-hybridized carbons (Fsp3) is 0.632. The van der Waals surface area contributed by atoms with Gasteiger partial charge in [-0.2, -0.15) is 0 Å². The van der Waals surface area contributed by atoms with Gasteiger partial charge in [-0.1, -0.05) is 32.4 Å². The summed E-state index contributed by atoms with van der Waals surface area (Å²) in [7, 11) is -3.36. The van der Waals surface area contributed by atoms with Gasteiger partial charge < -0.3 is 5.32 Å². The maximum atomic E-state index is 12.6. The summed E-state index contributed by atoms with van der Waals surface area (Å²) in [6.07, 6.45) is 4.49. The highest BCUT2D eigenvalue weighted by Crippen LogP contribution is 2.27. The fourth-order valence-electron chi connectivity index (χ4n) is 3.49. The number of hydrogen-bond donors (Lipinski definition) is 1. The van der Waals surface area contributed by atoms with Crippen LogP contribution in [0.1, 0.15) is 40.0 Å². The fourth-order valence-corrected chi connectivity index (χ4v) is 4.30. The summed E-state index contributed by atoms with van der Waals surface area (Å²) in [6, 6.07) is 4.74. The van der Waals surface area contributed by atoms with Crippen molar-refractivity contribution in [1.82, 2.24) is 4.90 Å². The average Bonchev–Trinajstić information content (AvgIpc) is 2.70. The number of carbonyl (C=O) groups is 1. The van der Waals surface area contributed by atoms with E-state index in [1.807, 2.05) is 0 Å². The van der Waals surface area contributed by atoms with Crippen LogP contribution in [-0.4, -0.2) is 44.6 Å². The van der Waals surface area contributed by atoms with Crippen LogP contribution in [0, 0.1) is 11.8 Å². The van der Waals surface area contributed by atoms with E-state index in [0.29, 0.717) is 28.6 Å². The number of anilines is 1. The molecular weight excluding hydrogens is 372 g/mol. The van der Waals surface area contributed by atoms with Crippen molar-refractivity contribution in [2.75, 3.05) is 24.7 Å². The van der Waals surface area contributed by atoms with E-state index in [9.17, 15) is 13.2 Å². The lowest BCUT2D eigenvalue weighted by Gasteiger charge is -2.32. The standard InChI is InChI=1S/C19H29ClN2O3S/c1-13(2)18-8-5-14(3)9-10-22(18)12-19(23)21-17-11-15(26(4,24)25)6-7-16(17)20/h6-7,11,13-14,18H,5,8-10,12H2,1-4H3,(H,21,23). The molecule has 1 amide bonds. The van der Waals surface area contributed by atoms with Gasteiger partial charge in [0.05, 0.1) is 22.2 Å². The van der Waals surface area contributed by atoms with Crippen molar-refractivity contribution >= 4 is 33.0 Å². The van der Waals surface area contributed by atoms with Gasteiger partial charge in [0.15, 0.2) is 9.84 Å². The highest BCUT2D eigenvalue weighted by atomic mass is 35.5. The van der Waals surface area contributed by atoms with Crippen molar-refractivity contribution in [3.05, 3.63) is 23.2 Å². The molecule has 26 heavy (non-hydrogen) atoms. The van der Waals surface area contributed by atoms with E-state index in [1.165, 1.54) is 24.6 Å². The first-order valence-corrected chi connectivity index (χ1v) is 11.4. The van der Waals surface area contributed by atoms with E-state index in [4.69, 9.17) is 11.6 Å². The van der Waals surface area contributed by atoms with E-state index >= 15 is 0 Å². The number of hydrogen-bond acceptors (Lipinski definition) is 4. The number of likely N-dealkylation sites (tertiary alicyclic amines) is 1. The van der Waals surface area contributed by atoms with Gasteiger partial charge in [0, 0.05) is 12.3 Å². The smallest absolute Gasteiger partial charge is 0.238 e. The molecule has 1 aromatic carbocycles. The number of carbonyl (C=O) groups excluding carboxylic acids is 1. The number of nitrogens with zero attached hydrogens (tertiary/aromatic N) is 1. The molecule has 7 heteroatoms. The minimum atomic E-state index is -3.36. The van der Waals surface area contributed by atoms with E-state index in [1.54, 1.807) is 0 Å². The topological polar surface area (TPSA) is 66.5 Å². The van der Waals surface area contributed by atoms with Gasteiger partial charge in [-0.3, -0.25) is 9.69 Å². The molecule has 146 valence electrons. The zero-order valence-electron chi connectivity index (χ0n) is 16.0. The summed E-state index contributed by atoms with van der Waals surface area (Å²) in [5.74, 6) is 0.980. The van der Waals surface area contributed by atoms with Crippen LogP contribution < -0.4 is 5.32 Å². The third-order valence-corrected chi connectivity index (χ3v) is 6.53. The molecule has 2 unspecified atom stereocenters. The highest BCUT2D eigenvalue weighted by Gasteiger charge is 2.27. The van der Waals surface area contributed by atoms with Crippen LogP contribution in [0.3, 0.4) is 0 Å². The zero-order valence-corrected chi connectivity index (χ0v) is 17.5. The normalized spacial score (nSPS) is 22.2. The number of amides is 1. The summed E-state index contributed by atoms with van der Waals surface area (Å²) >= 11 is 6.13. The Labute approximate surface area is 162 Å². The van der Waals surface area contributed by atoms with Crippen molar-refractivity contribution in [1.29, 1.82) is 0 Å². The maximum absolute atomic E-state index is 12.6. The molecule has 0 aromatic heterocycles. The molecule has 1 saturated heterocycles. The second kappa shape index (κ2) is 8.72. The van der Waals surface area contributed by atoms with Gasteiger partial charge in [-0.15, -0.1) is 0 Å². The monoisotopic (exact) mass is 400 g/mol. The molecule has 5 nitrogen and oxygen atoms in total. The first-order chi connectivity index (χ1) is 12.1. The lowest BCUT2D eigenvalue weighted by molar-refractivity contribution is -0.118. The molecule has 0 bridgehead atoms. The third-order valence-electron chi connectivity index (χ3n) is 5.09. The molecule has 2 rings (SSSR count). The molecule has 0 saturated carbocycles. The van der Waals surface area contributed by atoms with Gasteiger partial charge in [0.25, 0.3) is 0 Å².